The van der Waals surface area contributed by atoms with Crippen LogP contribution >= 0.6 is 0 Å². The van der Waals surface area contributed by atoms with Crippen LogP contribution in [0.25, 0.3) is 0 Å². The molecule has 1 aromatic carbocycles. The fraction of sp³-hybridized carbons (Fsp3) is 0.704. The molecule has 1 N–H and O–H groups in total. The number of nitrogens with one attached hydrogen (secondary N) is 1. The number of rotatable bonds is 20. The lowest BCUT2D eigenvalue weighted by atomic mass is 10.0. The Labute approximate surface area is 191 Å². The van der Waals surface area contributed by atoms with E-state index in [-0.39, 0.29) is 5.91 Å². The molecule has 0 unspecified atom stereocenters. The lowest BCUT2D eigenvalue weighted by molar-refractivity contribution is -0.121. The Bertz CT molecular complexity index is 569. The zero-order chi connectivity index (χ0) is 22.4. The summed E-state index contributed by atoms with van der Waals surface area (Å²) in [6, 6.07) is 7.77. The molecule has 0 aliphatic carbocycles. The topological polar surface area (TPSA) is 50.7 Å². The Morgan fingerprint density at radius 1 is 0.774 bits per heavy atom. The molecule has 1 rings (SSSR count). The van der Waals surface area contributed by atoms with Crippen LogP contribution in [0.1, 0.15) is 122 Å². The summed E-state index contributed by atoms with van der Waals surface area (Å²) in [6.07, 6.45) is 21.5. The zero-order valence-electron chi connectivity index (χ0n) is 20.2. The van der Waals surface area contributed by atoms with Gasteiger partial charge in [-0.15, -0.1) is 0 Å². The lowest BCUT2D eigenvalue weighted by Gasteiger charge is -2.05. The molecule has 4 nitrogen and oxygen atoms in total. The summed E-state index contributed by atoms with van der Waals surface area (Å²) in [5.41, 5.74) is 3.58. The molecule has 4 heteroatoms. The molecule has 0 fully saturated rings. The minimum Gasteiger partial charge on any atom is -0.494 e. The summed E-state index contributed by atoms with van der Waals surface area (Å²) >= 11 is 0. The molecular formula is C27H46N2O2. The van der Waals surface area contributed by atoms with Crippen LogP contribution < -0.4 is 10.2 Å². The van der Waals surface area contributed by atoms with Gasteiger partial charge >= 0.3 is 0 Å². The number of carbonyl (C=O) groups is 1. The number of hydrazone groups is 1. The number of benzene rings is 1. The van der Waals surface area contributed by atoms with Crippen molar-refractivity contribution in [1.82, 2.24) is 5.43 Å². The van der Waals surface area contributed by atoms with Gasteiger partial charge in [0.05, 0.1) is 12.8 Å². The maximum Gasteiger partial charge on any atom is 0.240 e. The summed E-state index contributed by atoms with van der Waals surface area (Å²) in [5, 5.41) is 4.06. The summed E-state index contributed by atoms with van der Waals surface area (Å²) in [4.78, 5) is 11.9. The maximum absolute atomic E-state index is 11.9. The summed E-state index contributed by atoms with van der Waals surface area (Å²) in [5.74, 6) is 0.871. The van der Waals surface area contributed by atoms with Crippen LogP contribution in [0.3, 0.4) is 0 Å². The van der Waals surface area contributed by atoms with Gasteiger partial charge in [0.1, 0.15) is 5.75 Å². The van der Waals surface area contributed by atoms with E-state index in [9.17, 15) is 4.79 Å². The van der Waals surface area contributed by atoms with E-state index in [0.29, 0.717) is 6.42 Å². The Morgan fingerprint density at radius 2 is 1.29 bits per heavy atom. The predicted octanol–water partition coefficient (Wildman–Crippen LogP) is 7.80. The van der Waals surface area contributed by atoms with E-state index in [1.165, 1.54) is 70.6 Å². The molecule has 31 heavy (non-hydrogen) atoms. The molecule has 0 spiro atoms. The second-order valence-corrected chi connectivity index (χ2v) is 8.56. The van der Waals surface area contributed by atoms with Crippen molar-refractivity contribution in [3.05, 3.63) is 29.8 Å². The molecule has 0 aromatic heterocycles. The van der Waals surface area contributed by atoms with Crippen molar-refractivity contribution in [1.29, 1.82) is 0 Å². The van der Waals surface area contributed by atoms with Crippen LogP contribution in [0.4, 0.5) is 0 Å². The van der Waals surface area contributed by atoms with Gasteiger partial charge in [-0.25, -0.2) is 5.43 Å². The summed E-state index contributed by atoms with van der Waals surface area (Å²) in [7, 11) is 0. The normalized spacial score (nSPS) is 11.2. The van der Waals surface area contributed by atoms with Crippen LogP contribution in [0.15, 0.2) is 29.4 Å². The number of amides is 1. The van der Waals surface area contributed by atoms with Gasteiger partial charge in [-0.3, -0.25) is 4.79 Å². The number of unbranched alkanes of at least 4 members (excludes halogenated alkanes) is 13. The quantitative estimate of drug-likeness (QED) is 0.130. The third-order valence-electron chi connectivity index (χ3n) is 5.56. The molecule has 1 aromatic rings. The van der Waals surface area contributed by atoms with Crippen molar-refractivity contribution in [3.8, 4) is 5.75 Å². The largest absolute Gasteiger partial charge is 0.494 e. The Balaban J connectivity index is 1.95. The highest BCUT2D eigenvalue weighted by Gasteiger charge is 2.00. The number of ether oxygens (including phenoxy) is 1. The molecule has 0 saturated carbocycles. The van der Waals surface area contributed by atoms with Crippen LogP contribution in [0, 0.1) is 0 Å². The summed E-state index contributed by atoms with van der Waals surface area (Å²) in [6.45, 7) is 5.17. The first-order valence-electron chi connectivity index (χ1n) is 12.8. The molecule has 0 saturated heterocycles. The molecule has 0 heterocycles. The molecule has 0 aliphatic rings. The van der Waals surface area contributed by atoms with Crippen molar-refractivity contribution in [2.24, 2.45) is 5.10 Å². The molecule has 0 atom stereocenters. The van der Waals surface area contributed by atoms with Crippen molar-refractivity contribution in [2.45, 2.75) is 117 Å². The van der Waals surface area contributed by atoms with Gasteiger partial charge in [0, 0.05) is 6.42 Å². The molecule has 0 radical (unpaired) electrons. The maximum atomic E-state index is 11.9. The zero-order valence-corrected chi connectivity index (χ0v) is 20.2. The van der Waals surface area contributed by atoms with Crippen LogP contribution in [-0.4, -0.2) is 18.7 Å². The first-order chi connectivity index (χ1) is 15.3. The Kier molecular flexibility index (Phi) is 17.6. The average molecular weight is 431 g/mol. The van der Waals surface area contributed by atoms with E-state index >= 15 is 0 Å². The SMILES string of the molecule is CCCCCCCCCCCCCCCC(=O)N/N=C/c1ccc(OCCCC)cc1. The first kappa shape index (κ1) is 27.2. The number of carbonyl (C=O) groups excluding carboxylic acids is 1. The monoisotopic (exact) mass is 430 g/mol. The first-order valence-corrected chi connectivity index (χ1v) is 12.8. The van der Waals surface area contributed by atoms with Gasteiger partial charge in [-0.2, -0.15) is 5.10 Å². The van der Waals surface area contributed by atoms with Gasteiger partial charge in [-0.1, -0.05) is 97.3 Å². The molecule has 176 valence electrons. The highest BCUT2D eigenvalue weighted by Crippen LogP contribution is 2.13. The highest BCUT2D eigenvalue weighted by atomic mass is 16.5. The third kappa shape index (κ3) is 16.5. The minimum atomic E-state index is -0.00107. The van der Waals surface area contributed by atoms with E-state index in [4.69, 9.17) is 4.74 Å². The highest BCUT2D eigenvalue weighted by molar-refractivity contribution is 5.82. The van der Waals surface area contributed by atoms with E-state index in [2.05, 4.69) is 24.4 Å². The average Bonchev–Trinajstić information content (AvgIpc) is 2.78. The van der Waals surface area contributed by atoms with Gasteiger partial charge in [0.2, 0.25) is 5.91 Å². The Morgan fingerprint density at radius 3 is 1.84 bits per heavy atom. The van der Waals surface area contributed by atoms with Crippen molar-refractivity contribution < 1.29 is 9.53 Å². The van der Waals surface area contributed by atoms with Crippen LogP contribution in [-0.2, 0) is 4.79 Å². The smallest absolute Gasteiger partial charge is 0.240 e. The van der Waals surface area contributed by atoms with Gasteiger partial charge in [0.25, 0.3) is 0 Å². The van der Waals surface area contributed by atoms with Gasteiger partial charge < -0.3 is 4.74 Å². The van der Waals surface area contributed by atoms with Crippen molar-refractivity contribution in [2.75, 3.05) is 6.61 Å². The van der Waals surface area contributed by atoms with Gasteiger partial charge in [-0.05, 0) is 42.7 Å². The standard InChI is InChI=1S/C27H46N2O2/c1-3-5-7-8-9-10-11-12-13-14-15-16-17-18-27(30)29-28-24-25-19-21-26(22-20-25)31-23-6-4-2/h19-22,24H,3-18,23H2,1-2H3,(H,29,30)/b28-24+. The third-order valence-corrected chi connectivity index (χ3v) is 5.56. The lowest BCUT2D eigenvalue weighted by Crippen LogP contribution is -2.16. The second kappa shape index (κ2) is 20.1. The predicted molar refractivity (Wildman–Crippen MR) is 133 cm³/mol. The van der Waals surface area contributed by atoms with Crippen LogP contribution in [0.5, 0.6) is 5.75 Å². The number of hydrogen-bond acceptors (Lipinski definition) is 3. The van der Waals surface area contributed by atoms with E-state index in [1.807, 2.05) is 24.3 Å². The molecular weight excluding hydrogens is 384 g/mol. The fourth-order valence-corrected chi connectivity index (χ4v) is 3.52. The number of hydrogen-bond donors (Lipinski definition) is 1. The van der Waals surface area contributed by atoms with E-state index < -0.39 is 0 Å². The molecule has 0 aliphatic heterocycles. The van der Waals surface area contributed by atoms with Crippen molar-refractivity contribution >= 4 is 12.1 Å². The van der Waals surface area contributed by atoms with Gasteiger partial charge in [0.15, 0.2) is 0 Å². The van der Waals surface area contributed by atoms with E-state index in [1.54, 1.807) is 6.21 Å². The Hall–Kier alpha value is -1.84. The van der Waals surface area contributed by atoms with Crippen LogP contribution in [0.2, 0.25) is 0 Å². The molecule has 1 amide bonds. The second-order valence-electron chi connectivity index (χ2n) is 8.56. The number of nitrogens with zero attached hydrogens (tertiary/aromatic N) is 1. The van der Waals surface area contributed by atoms with E-state index in [0.717, 1.165) is 43.6 Å². The summed E-state index contributed by atoms with van der Waals surface area (Å²) < 4.78 is 5.64. The molecule has 0 bridgehead atoms. The van der Waals surface area contributed by atoms with Crippen molar-refractivity contribution in [3.63, 3.8) is 0 Å². The minimum absolute atomic E-state index is 0.00107. The fourth-order valence-electron chi connectivity index (χ4n) is 3.52.